The molecule has 15 heavy (non-hydrogen) atoms. The minimum absolute atomic E-state index is 0.0475. The Kier molecular flexibility index (Phi) is 4.50. The molecule has 0 N–H and O–H groups in total. The van der Waals surface area contributed by atoms with Crippen LogP contribution in [-0.4, -0.2) is 18.5 Å². The monoisotopic (exact) mass is 206 g/mol. The lowest BCUT2D eigenvalue weighted by atomic mass is 10.1. The average Bonchev–Trinajstić information content (AvgIpc) is 2.26. The van der Waals surface area contributed by atoms with Gasteiger partial charge in [0.15, 0.2) is 5.78 Å². The predicted molar refractivity (Wildman–Crippen MR) is 61.2 cm³/mol. The molecule has 0 bridgehead atoms. The number of carbonyl (C=O) groups excluding carboxylic acids is 1. The number of hydrogen-bond donors (Lipinski definition) is 0. The molecular formula is C13H18O2. The Labute approximate surface area is 91.3 Å². The second-order valence-corrected chi connectivity index (χ2v) is 3.83. The Morgan fingerprint density at radius 1 is 1.27 bits per heavy atom. The van der Waals surface area contributed by atoms with E-state index >= 15 is 0 Å². The minimum atomic E-state index is 0.0475. The van der Waals surface area contributed by atoms with Gasteiger partial charge in [0, 0.05) is 5.56 Å². The van der Waals surface area contributed by atoms with E-state index in [1.165, 1.54) is 5.56 Å². The van der Waals surface area contributed by atoms with Crippen LogP contribution in [0.4, 0.5) is 0 Å². The number of hydrogen-bond acceptors (Lipinski definition) is 2. The van der Waals surface area contributed by atoms with Gasteiger partial charge >= 0.3 is 0 Å². The molecule has 0 aliphatic heterocycles. The fraction of sp³-hybridized carbons (Fsp3) is 0.462. The van der Waals surface area contributed by atoms with E-state index in [0.29, 0.717) is 0 Å². The number of benzene rings is 1. The van der Waals surface area contributed by atoms with Crippen LogP contribution < -0.4 is 0 Å². The highest BCUT2D eigenvalue weighted by molar-refractivity contribution is 5.97. The quantitative estimate of drug-likeness (QED) is 0.692. The fourth-order valence-corrected chi connectivity index (χ4v) is 1.25. The van der Waals surface area contributed by atoms with Crippen LogP contribution in [0, 0.1) is 0 Å². The fourth-order valence-electron chi connectivity index (χ4n) is 1.25. The summed E-state index contributed by atoms with van der Waals surface area (Å²) in [5.74, 6) is 0.0475. The lowest BCUT2D eigenvalue weighted by molar-refractivity contribution is 0.0585. The third-order valence-corrected chi connectivity index (χ3v) is 2.23. The standard InChI is InChI=1S/C13H18O2/c1-4-11-5-7-12(8-6-11)13(14)9-15-10(2)3/h5-8,10H,4,9H2,1-3H3. The highest BCUT2D eigenvalue weighted by Gasteiger charge is 2.06. The first-order valence-corrected chi connectivity index (χ1v) is 5.37. The molecule has 0 saturated carbocycles. The van der Waals surface area contributed by atoms with Gasteiger partial charge in [-0.15, -0.1) is 0 Å². The first kappa shape index (κ1) is 11.9. The van der Waals surface area contributed by atoms with Crippen molar-refractivity contribution in [3.63, 3.8) is 0 Å². The molecule has 0 amide bonds. The second-order valence-electron chi connectivity index (χ2n) is 3.83. The third-order valence-electron chi connectivity index (χ3n) is 2.23. The molecule has 0 atom stereocenters. The molecule has 2 nitrogen and oxygen atoms in total. The number of carbonyl (C=O) groups is 1. The van der Waals surface area contributed by atoms with Crippen LogP contribution in [0.5, 0.6) is 0 Å². The Morgan fingerprint density at radius 3 is 2.33 bits per heavy atom. The van der Waals surface area contributed by atoms with Crippen molar-refractivity contribution in [3.8, 4) is 0 Å². The first-order valence-electron chi connectivity index (χ1n) is 5.37. The Hall–Kier alpha value is -1.15. The zero-order chi connectivity index (χ0) is 11.3. The summed E-state index contributed by atoms with van der Waals surface area (Å²) in [6, 6.07) is 7.71. The number of rotatable bonds is 5. The van der Waals surface area contributed by atoms with Crippen LogP contribution in [0.2, 0.25) is 0 Å². The summed E-state index contributed by atoms with van der Waals surface area (Å²) in [7, 11) is 0. The maximum absolute atomic E-state index is 11.6. The molecule has 1 aromatic carbocycles. The van der Waals surface area contributed by atoms with Gasteiger partial charge in [-0.2, -0.15) is 0 Å². The molecule has 0 spiro atoms. The van der Waals surface area contributed by atoms with Gasteiger partial charge in [-0.1, -0.05) is 31.2 Å². The van der Waals surface area contributed by atoms with Gasteiger partial charge in [-0.05, 0) is 25.8 Å². The number of ketones is 1. The highest BCUT2D eigenvalue weighted by atomic mass is 16.5. The van der Waals surface area contributed by atoms with Crippen LogP contribution in [0.25, 0.3) is 0 Å². The summed E-state index contributed by atoms with van der Waals surface area (Å²) in [5, 5.41) is 0. The number of Topliss-reactive ketones (excluding diaryl/α,β-unsaturated/α-hetero) is 1. The molecule has 1 rings (SSSR count). The van der Waals surface area contributed by atoms with Crippen molar-refractivity contribution in [2.24, 2.45) is 0 Å². The topological polar surface area (TPSA) is 26.3 Å². The Bertz CT molecular complexity index is 312. The van der Waals surface area contributed by atoms with E-state index in [1.54, 1.807) is 0 Å². The van der Waals surface area contributed by atoms with Gasteiger partial charge in [0.2, 0.25) is 0 Å². The van der Waals surface area contributed by atoms with Crippen LogP contribution in [0.15, 0.2) is 24.3 Å². The van der Waals surface area contributed by atoms with E-state index < -0.39 is 0 Å². The van der Waals surface area contributed by atoms with Crippen LogP contribution in [0.1, 0.15) is 36.7 Å². The molecule has 0 aliphatic carbocycles. The highest BCUT2D eigenvalue weighted by Crippen LogP contribution is 2.06. The summed E-state index contributed by atoms with van der Waals surface area (Å²) in [4.78, 5) is 11.6. The zero-order valence-corrected chi connectivity index (χ0v) is 9.62. The largest absolute Gasteiger partial charge is 0.371 e. The van der Waals surface area contributed by atoms with E-state index in [4.69, 9.17) is 4.74 Å². The molecule has 82 valence electrons. The number of ether oxygens (including phenoxy) is 1. The maximum Gasteiger partial charge on any atom is 0.188 e. The van der Waals surface area contributed by atoms with Gasteiger partial charge in [-0.25, -0.2) is 0 Å². The summed E-state index contributed by atoms with van der Waals surface area (Å²) >= 11 is 0. The molecule has 0 saturated heterocycles. The van der Waals surface area contributed by atoms with E-state index in [2.05, 4.69) is 6.92 Å². The smallest absolute Gasteiger partial charge is 0.188 e. The van der Waals surface area contributed by atoms with Gasteiger partial charge in [0.1, 0.15) is 6.61 Å². The average molecular weight is 206 g/mol. The van der Waals surface area contributed by atoms with Crippen LogP contribution in [-0.2, 0) is 11.2 Å². The van der Waals surface area contributed by atoms with E-state index in [0.717, 1.165) is 12.0 Å². The molecule has 2 heteroatoms. The molecule has 0 unspecified atom stereocenters. The van der Waals surface area contributed by atoms with Crippen molar-refractivity contribution in [1.82, 2.24) is 0 Å². The third kappa shape index (κ3) is 3.84. The zero-order valence-electron chi connectivity index (χ0n) is 9.62. The summed E-state index contributed by atoms with van der Waals surface area (Å²) in [6.45, 7) is 6.11. The van der Waals surface area contributed by atoms with Crippen molar-refractivity contribution in [2.45, 2.75) is 33.3 Å². The van der Waals surface area contributed by atoms with E-state index in [1.807, 2.05) is 38.1 Å². The minimum Gasteiger partial charge on any atom is -0.371 e. The van der Waals surface area contributed by atoms with E-state index in [-0.39, 0.29) is 18.5 Å². The molecule has 0 aromatic heterocycles. The van der Waals surface area contributed by atoms with Crippen molar-refractivity contribution in [2.75, 3.05) is 6.61 Å². The van der Waals surface area contributed by atoms with Crippen molar-refractivity contribution in [1.29, 1.82) is 0 Å². The van der Waals surface area contributed by atoms with Gasteiger partial charge in [0.05, 0.1) is 6.10 Å². The van der Waals surface area contributed by atoms with Crippen LogP contribution >= 0.6 is 0 Å². The number of aryl methyl sites for hydroxylation is 1. The predicted octanol–water partition coefficient (Wildman–Crippen LogP) is 2.86. The van der Waals surface area contributed by atoms with Crippen LogP contribution in [0.3, 0.4) is 0 Å². The normalized spacial score (nSPS) is 10.7. The van der Waals surface area contributed by atoms with Crippen molar-refractivity contribution in [3.05, 3.63) is 35.4 Å². The van der Waals surface area contributed by atoms with Crippen molar-refractivity contribution < 1.29 is 9.53 Å². The summed E-state index contributed by atoms with van der Waals surface area (Å²) in [5.41, 5.74) is 1.98. The molecule has 0 radical (unpaired) electrons. The Balaban J connectivity index is 2.58. The molecule has 1 aromatic rings. The Morgan fingerprint density at radius 2 is 1.87 bits per heavy atom. The first-order chi connectivity index (χ1) is 7.13. The SMILES string of the molecule is CCc1ccc(C(=O)COC(C)C)cc1. The van der Waals surface area contributed by atoms with Gasteiger partial charge < -0.3 is 4.74 Å². The molecular weight excluding hydrogens is 188 g/mol. The van der Waals surface area contributed by atoms with Gasteiger partial charge in [-0.3, -0.25) is 4.79 Å². The lowest BCUT2D eigenvalue weighted by Crippen LogP contribution is -2.13. The lowest BCUT2D eigenvalue weighted by Gasteiger charge is -2.06. The maximum atomic E-state index is 11.6. The van der Waals surface area contributed by atoms with Crippen molar-refractivity contribution >= 4 is 5.78 Å². The van der Waals surface area contributed by atoms with E-state index in [9.17, 15) is 4.79 Å². The second kappa shape index (κ2) is 5.66. The molecule has 0 fully saturated rings. The molecule has 0 aliphatic rings. The summed E-state index contributed by atoms with van der Waals surface area (Å²) < 4.78 is 5.27. The molecule has 0 heterocycles. The van der Waals surface area contributed by atoms with Gasteiger partial charge in [0.25, 0.3) is 0 Å². The summed E-state index contributed by atoms with van der Waals surface area (Å²) in [6.07, 6.45) is 1.10.